The van der Waals surface area contributed by atoms with Crippen molar-refractivity contribution < 1.29 is 4.42 Å². The first-order valence-electron chi connectivity index (χ1n) is 6.32. The monoisotopic (exact) mass is 317 g/mol. The molecule has 0 atom stereocenters. The van der Waals surface area contributed by atoms with Crippen molar-refractivity contribution in [3.63, 3.8) is 0 Å². The quantitative estimate of drug-likeness (QED) is 0.503. The number of pyridine rings is 1. The summed E-state index contributed by atoms with van der Waals surface area (Å²) in [4.78, 5) is 11.7. The third-order valence-corrected chi connectivity index (χ3v) is 3.96. The number of H-pyrrole nitrogens is 1. The summed E-state index contributed by atoms with van der Waals surface area (Å²) in [7, 11) is 0. The number of aromatic nitrogens is 3. The zero-order valence-electron chi connectivity index (χ0n) is 10.9. The van der Waals surface area contributed by atoms with Gasteiger partial charge in [0.1, 0.15) is 10.7 Å². The summed E-state index contributed by atoms with van der Waals surface area (Å²) in [6.07, 6.45) is 0. The number of benzene rings is 1. The maximum atomic E-state index is 5.96. The molecule has 0 aliphatic heterocycles. The molecule has 0 radical (unpaired) electrons. The van der Waals surface area contributed by atoms with E-state index in [0.29, 0.717) is 22.3 Å². The first kappa shape index (κ1) is 12.7. The Labute approximate surface area is 129 Å². The number of aromatic amines is 1. The average molecular weight is 318 g/mol. The summed E-state index contributed by atoms with van der Waals surface area (Å²) >= 11 is 11.9. The van der Waals surface area contributed by atoms with Gasteiger partial charge >= 0.3 is 0 Å². The molecule has 0 aliphatic rings. The molecule has 3 aromatic heterocycles. The molecule has 0 spiro atoms. The summed E-state index contributed by atoms with van der Waals surface area (Å²) in [5, 5.41) is 1.66. The van der Waals surface area contributed by atoms with Gasteiger partial charge in [-0.3, -0.25) is 0 Å². The fourth-order valence-electron chi connectivity index (χ4n) is 2.29. The van der Waals surface area contributed by atoms with Crippen molar-refractivity contribution in [2.24, 2.45) is 0 Å². The second kappa shape index (κ2) is 4.48. The number of rotatable bonds is 1. The van der Waals surface area contributed by atoms with Crippen LogP contribution in [0.3, 0.4) is 0 Å². The van der Waals surface area contributed by atoms with E-state index in [0.717, 1.165) is 16.5 Å². The number of nitrogens with one attached hydrogen (secondary N) is 1. The minimum atomic E-state index is 0.238. The molecular formula is C15H9Cl2N3O. The van der Waals surface area contributed by atoms with Crippen LogP contribution >= 0.6 is 23.2 Å². The minimum absolute atomic E-state index is 0.238. The highest BCUT2D eigenvalue weighted by atomic mass is 35.5. The molecule has 0 bridgehead atoms. The van der Waals surface area contributed by atoms with Crippen LogP contribution in [-0.4, -0.2) is 15.0 Å². The highest BCUT2D eigenvalue weighted by Gasteiger charge is 2.13. The van der Waals surface area contributed by atoms with E-state index in [1.165, 1.54) is 5.56 Å². The standard InChI is InChI=1S/C15H9Cl2N3O/c1-7-2-3-11-8(4-7)5-12(21-11)15-18-10-6-9(16)13(17)19-14(10)20-15/h2-6H,1H3,(H,18,19,20). The molecule has 1 N–H and O–H groups in total. The predicted octanol–water partition coefficient (Wildman–Crippen LogP) is 4.99. The van der Waals surface area contributed by atoms with Gasteiger partial charge in [-0.2, -0.15) is 0 Å². The van der Waals surface area contributed by atoms with Crippen molar-refractivity contribution in [3.05, 3.63) is 46.1 Å². The van der Waals surface area contributed by atoms with E-state index in [1.54, 1.807) is 6.07 Å². The first-order valence-corrected chi connectivity index (χ1v) is 7.08. The second-order valence-corrected chi connectivity index (χ2v) is 5.63. The molecule has 3 heterocycles. The van der Waals surface area contributed by atoms with Gasteiger partial charge in [-0.15, -0.1) is 0 Å². The molecular weight excluding hydrogens is 309 g/mol. The van der Waals surface area contributed by atoms with E-state index >= 15 is 0 Å². The van der Waals surface area contributed by atoms with Crippen LogP contribution in [0.1, 0.15) is 5.56 Å². The van der Waals surface area contributed by atoms with E-state index in [4.69, 9.17) is 27.6 Å². The lowest BCUT2D eigenvalue weighted by molar-refractivity contribution is 0.626. The number of hydrogen-bond donors (Lipinski definition) is 1. The summed E-state index contributed by atoms with van der Waals surface area (Å²) in [6.45, 7) is 2.04. The molecule has 4 nitrogen and oxygen atoms in total. The predicted molar refractivity (Wildman–Crippen MR) is 83.9 cm³/mol. The van der Waals surface area contributed by atoms with Crippen molar-refractivity contribution in [1.29, 1.82) is 0 Å². The summed E-state index contributed by atoms with van der Waals surface area (Å²) in [5.74, 6) is 1.26. The molecule has 6 heteroatoms. The second-order valence-electron chi connectivity index (χ2n) is 4.87. The maximum Gasteiger partial charge on any atom is 0.179 e. The summed E-state index contributed by atoms with van der Waals surface area (Å²) in [6, 6.07) is 9.67. The Morgan fingerprint density at radius 3 is 2.81 bits per heavy atom. The Balaban J connectivity index is 1.91. The molecule has 0 fully saturated rings. The van der Waals surface area contributed by atoms with E-state index in [9.17, 15) is 0 Å². The third kappa shape index (κ3) is 2.07. The van der Waals surface area contributed by atoms with Crippen molar-refractivity contribution >= 4 is 45.3 Å². The fourth-order valence-corrected chi connectivity index (χ4v) is 2.58. The summed E-state index contributed by atoms with van der Waals surface area (Å²) in [5.41, 5.74) is 3.23. The van der Waals surface area contributed by atoms with Crippen molar-refractivity contribution in [1.82, 2.24) is 15.0 Å². The average Bonchev–Trinajstić information content (AvgIpc) is 3.02. The van der Waals surface area contributed by atoms with Crippen LogP contribution < -0.4 is 0 Å². The van der Waals surface area contributed by atoms with Crippen LogP contribution in [0.5, 0.6) is 0 Å². The van der Waals surface area contributed by atoms with Crippen LogP contribution in [0.25, 0.3) is 33.7 Å². The lowest BCUT2D eigenvalue weighted by Gasteiger charge is -1.92. The number of nitrogens with zero attached hydrogens (tertiary/aromatic N) is 2. The Bertz CT molecular complexity index is 948. The van der Waals surface area contributed by atoms with Crippen LogP contribution in [0.4, 0.5) is 0 Å². The molecule has 0 aliphatic carbocycles. The van der Waals surface area contributed by atoms with Gasteiger partial charge in [0.05, 0.1) is 10.5 Å². The van der Waals surface area contributed by atoms with E-state index in [2.05, 4.69) is 21.0 Å². The zero-order chi connectivity index (χ0) is 14.6. The van der Waals surface area contributed by atoms with Crippen LogP contribution in [0, 0.1) is 6.92 Å². The molecule has 1 aromatic carbocycles. The molecule has 0 unspecified atom stereocenters. The number of hydrogen-bond acceptors (Lipinski definition) is 3. The van der Waals surface area contributed by atoms with Gasteiger partial charge in [0.25, 0.3) is 0 Å². The van der Waals surface area contributed by atoms with E-state index in [-0.39, 0.29) is 5.15 Å². The van der Waals surface area contributed by atoms with Crippen molar-refractivity contribution in [2.45, 2.75) is 6.92 Å². The number of halogens is 2. The summed E-state index contributed by atoms with van der Waals surface area (Å²) < 4.78 is 5.81. The smallest absolute Gasteiger partial charge is 0.179 e. The highest BCUT2D eigenvalue weighted by molar-refractivity contribution is 6.41. The Kier molecular flexibility index (Phi) is 2.71. The number of imidazole rings is 1. The normalized spacial score (nSPS) is 11.6. The SMILES string of the molecule is Cc1ccc2oc(-c3nc4nc(Cl)c(Cl)cc4[nH]3)cc2c1. The molecule has 0 saturated carbocycles. The fraction of sp³-hybridized carbons (Fsp3) is 0.0667. The van der Waals surface area contributed by atoms with Gasteiger partial charge < -0.3 is 9.40 Å². The van der Waals surface area contributed by atoms with Gasteiger partial charge in [0.2, 0.25) is 0 Å². The molecule has 4 rings (SSSR count). The largest absolute Gasteiger partial charge is 0.453 e. The van der Waals surface area contributed by atoms with Gasteiger partial charge in [-0.05, 0) is 31.2 Å². The third-order valence-electron chi connectivity index (χ3n) is 3.29. The molecule has 0 amide bonds. The van der Waals surface area contributed by atoms with E-state index in [1.807, 2.05) is 25.1 Å². The zero-order valence-corrected chi connectivity index (χ0v) is 12.5. The van der Waals surface area contributed by atoms with Gasteiger partial charge in [0.15, 0.2) is 17.2 Å². The number of furan rings is 1. The lowest BCUT2D eigenvalue weighted by Crippen LogP contribution is -1.79. The first-order chi connectivity index (χ1) is 10.1. The van der Waals surface area contributed by atoms with Gasteiger partial charge in [0, 0.05) is 5.39 Å². The molecule has 4 aromatic rings. The molecule has 0 saturated heterocycles. The molecule has 21 heavy (non-hydrogen) atoms. The Morgan fingerprint density at radius 1 is 1.10 bits per heavy atom. The maximum absolute atomic E-state index is 5.96. The topological polar surface area (TPSA) is 54.7 Å². The lowest BCUT2D eigenvalue weighted by atomic mass is 10.2. The Hall–Kier alpha value is -2.04. The van der Waals surface area contributed by atoms with Crippen LogP contribution in [-0.2, 0) is 0 Å². The van der Waals surface area contributed by atoms with Crippen molar-refractivity contribution in [3.8, 4) is 11.6 Å². The highest BCUT2D eigenvalue weighted by Crippen LogP contribution is 2.29. The van der Waals surface area contributed by atoms with E-state index < -0.39 is 0 Å². The molecule has 104 valence electrons. The van der Waals surface area contributed by atoms with Gasteiger partial charge in [-0.25, -0.2) is 9.97 Å². The van der Waals surface area contributed by atoms with Crippen LogP contribution in [0.2, 0.25) is 10.2 Å². The van der Waals surface area contributed by atoms with Crippen LogP contribution in [0.15, 0.2) is 34.7 Å². The van der Waals surface area contributed by atoms with Crippen molar-refractivity contribution in [2.75, 3.05) is 0 Å². The van der Waals surface area contributed by atoms with Gasteiger partial charge in [-0.1, -0.05) is 34.8 Å². The minimum Gasteiger partial charge on any atom is -0.453 e. The number of aryl methyl sites for hydroxylation is 1. The number of fused-ring (bicyclic) bond motifs is 2. The Morgan fingerprint density at radius 2 is 1.95 bits per heavy atom.